The first-order chi connectivity index (χ1) is 8.38. The van der Waals surface area contributed by atoms with E-state index in [1.54, 1.807) is 18.3 Å². The van der Waals surface area contributed by atoms with E-state index in [4.69, 9.17) is 5.26 Å². The lowest BCUT2D eigenvalue weighted by Crippen LogP contribution is -2.28. The number of hydrogen-bond acceptors (Lipinski definition) is 5. The third-order valence-corrected chi connectivity index (χ3v) is 2.74. The van der Waals surface area contributed by atoms with Crippen molar-refractivity contribution in [3.63, 3.8) is 0 Å². The highest BCUT2D eigenvalue weighted by molar-refractivity contribution is 5.50. The van der Waals surface area contributed by atoms with Crippen molar-refractivity contribution in [3.8, 4) is 17.6 Å². The van der Waals surface area contributed by atoms with Crippen molar-refractivity contribution in [2.75, 3.05) is 6.54 Å². The Morgan fingerprint density at radius 1 is 1.35 bits per heavy atom. The van der Waals surface area contributed by atoms with Crippen molar-refractivity contribution in [2.45, 2.75) is 13.1 Å². The number of fused-ring (bicyclic) bond motifs is 1. The highest BCUT2D eigenvalue weighted by Gasteiger charge is 2.17. The van der Waals surface area contributed by atoms with E-state index in [1.807, 2.05) is 6.07 Å². The molecule has 1 aliphatic heterocycles. The molecule has 6 heteroatoms. The first-order valence-corrected chi connectivity index (χ1v) is 5.38. The van der Waals surface area contributed by atoms with Crippen LogP contribution in [0.1, 0.15) is 11.4 Å². The number of hydrogen-bond donors (Lipinski definition) is 1. The molecule has 1 N–H and O–H groups in total. The highest BCUT2D eigenvalue weighted by atomic mass is 15.3. The SMILES string of the molecule is N#Cc1ccc(-c2nnc3n2CCNC3)nc1. The van der Waals surface area contributed by atoms with E-state index in [2.05, 4.69) is 25.1 Å². The topological polar surface area (TPSA) is 79.4 Å². The van der Waals surface area contributed by atoms with Gasteiger partial charge < -0.3 is 9.88 Å². The molecule has 0 spiro atoms. The maximum atomic E-state index is 8.72. The second-order valence-corrected chi connectivity index (χ2v) is 3.81. The van der Waals surface area contributed by atoms with Crippen molar-refractivity contribution in [2.24, 2.45) is 0 Å². The van der Waals surface area contributed by atoms with Crippen LogP contribution in [0.2, 0.25) is 0 Å². The number of nitrogens with zero attached hydrogens (tertiary/aromatic N) is 5. The van der Waals surface area contributed by atoms with Crippen molar-refractivity contribution in [1.29, 1.82) is 5.26 Å². The fraction of sp³-hybridized carbons (Fsp3) is 0.273. The van der Waals surface area contributed by atoms with Crippen molar-refractivity contribution >= 4 is 0 Å². The van der Waals surface area contributed by atoms with Gasteiger partial charge in [-0.15, -0.1) is 10.2 Å². The van der Waals surface area contributed by atoms with Crippen molar-refractivity contribution < 1.29 is 0 Å². The van der Waals surface area contributed by atoms with Gasteiger partial charge in [-0.05, 0) is 12.1 Å². The summed E-state index contributed by atoms with van der Waals surface area (Å²) in [5.41, 5.74) is 1.30. The minimum absolute atomic E-state index is 0.550. The van der Waals surface area contributed by atoms with Crippen LogP contribution in [0.5, 0.6) is 0 Å². The number of nitriles is 1. The molecular weight excluding hydrogens is 216 g/mol. The molecule has 17 heavy (non-hydrogen) atoms. The number of aromatic nitrogens is 4. The zero-order valence-electron chi connectivity index (χ0n) is 9.09. The van der Waals surface area contributed by atoms with Crippen LogP contribution in [-0.2, 0) is 13.1 Å². The maximum absolute atomic E-state index is 8.72. The van der Waals surface area contributed by atoms with E-state index in [0.29, 0.717) is 5.56 Å². The predicted octanol–water partition coefficient (Wildman–Crippen LogP) is 0.315. The van der Waals surface area contributed by atoms with Gasteiger partial charge in [0.25, 0.3) is 0 Å². The van der Waals surface area contributed by atoms with Crippen LogP contribution in [0.15, 0.2) is 18.3 Å². The lowest BCUT2D eigenvalue weighted by Gasteiger charge is -2.15. The summed E-state index contributed by atoms with van der Waals surface area (Å²) in [6, 6.07) is 5.59. The third-order valence-electron chi connectivity index (χ3n) is 2.74. The van der Waals surface area contributed by atoms with Gasteiger partial charge >= 0.3 is 0 Å². The molecule has 0 aliphatic carbocycles. The molecule has 0 radical (unpaired) electrons. The van der Waals surface area contributed by atoms with Gasteiger partial charge in [0.15, 0.2) is 5.82 Å². The molecule has 0 aromatic carbocycles. The average molecular weight is 226 g/mol. The van der Waals surface area contributed by atoms with Crippen LogP contribution in [0.4, 0.5) is 0 Å². The van der Waals surface area contributed by atoms with E-state index in [0.717, 1.165) is 37.0 Å². The second-order valence-electron chi connectivity index (χ2n) is 3.81. The normalized spacial score (nSPS) is 14.1. The van der Waals surface area contributed by atoms with Crippen LogP contribution < -0.4 is 5.32 Å². The smallest absolute Gasteiger partial charge is 0.182 e. The van der Waals surface area contributed by atoms with Crippen LogP contribution in [0.3, 0.4) is 0 Å². The van der Waals surface area contributed by atoms with E-state index < -0.39 is 0 Å². The highest BCUT2D eigenvalue weighted by Crippen LogP contribution is 2.17. The number of nitrogens with one attached hydrogen (secondary N) is 1. The molecule has 0 atom stereocenters. The molecule has 0 bridgehead atoms. The molecule has 3 rings (SSSR count). The Bertz CT molecular complexity index is 577. The molecule has 3 heterocycles. The second kappa shape index (κ2) is 3.96. The molecule has 1 aliphatic rings. The summed E-state index contributed by atoms with van der Waals surface area (Å²) in [4.78, 5) is 4.23. The Labute approximate surface area is 97.9 Å². The zero-order chi connectivity index (χ0) is 11.7. The summed E-state index contributed by atoms with van der Waals surface area (Å²) in [6.45, 7) is 2.50. The molecule has 0 amide bonds. The summed E-state index contributed by atoms with van der Waals surface area (Å²) in [6.07, 6.45) is 1.55. The fourth-order valence-corrected chi connectivity index (χ4v) is 1.87. The molecule has 6 nitrogen and oxygen atoms in total. The predicted molar refractivity (Wildman–Crippen MR) is 59.7 cm³/mol. The largest absolute Gasteiger partial charge is 0.308 e. The van der Waals surface area contributed by atoms with Gasteiger partial charge in [-0.25, -0.2) is 0 Å². The molecule has 0 saturated carbocycles. The van der Waals surface area contributed by atoms with E-state index in [1.165, 1.54) is 0 Å². The summed E-state index contributed by atoms with van der Waals surface area (Å²) in [5, 5.41) is 20.2. The Hall–Kier alpha value is -2.26. The average Bonchev–Trinajstić information content (AvgIpc) is 2.83. The lowest BCUT2D eigenvalue weighted by molar-refractivity contribution is 0.508. The molecule has 2 aromatic heterocycles. The minimum Gasteiger partial charge on any atom is -0.308 e. The Morgan fingerprint density at radius 2 is 2.29 bits per heavy atom. The molecule has 84 valence electrons. The maximum Gasteiger partial charge on any atom is 0.182 e. The standard InChI is InChI=1S/C11H10N6/c12-5-8-1-2-9(14-6-8)11-16-15-10-7-13-3-4-17(10)11/h1-2,6,13H,3-4,7H2. The van der Waals surface area contributed by atoms with Crippen LogP contribution in [0.25, 0.3) is 11.5 Å². The third kappa shape index (κ3) is 1.66. The van der Waals surface area contributed by atoms with E-state index in [9.17, 15) is 0 Å². The first-order valence-electron chi connectivity index (χ1n) is 5.38. The molecule has 0 unspecified atom stereocenters. The van der Waals surface area contributed by atoms with Gasteiger partial charge in [-0.3, -0.25) is 4.98 Å². The first kappa shape index (κ1) is 9.93. The van der Waals surface area contributed by atoms with E-state index in [-0.39, 0.29) is 0 Å². The Morgan fingerprint density at radius 3 is 3.06 bits per heavy atom. The zero-order valence-corrected chi connectivity index (χ0v) is 9.09. The van der Waals surface area contributed by atoms with Crippen LogP contribution in [0, 0.1) is 11.3 Å². The monoisotopic (exact) mass is 226 g/mol. The van der Waals surface area contributed by atoms with Crippen LogP contribution in [-0.4, -0.2) is 26.3 Å². The minimum atomic E-state index is 0.550. The molecule has 0 saturated heterocycles. The molecule has 0 fully saturated rings. The summed E-state index contributed by atoms with van der Waals surface area (Å²) in [7, 11) is 0. The van der Waals surface area contributed by atoms with Gasteiger partial charge in [0.2, 0.25) is 0 Å². The summed E-state index contributed by atoms with van der Waals surface area (Å²) in [5.74, 6) is 1.70. The van der Waals surface area contributed by atoms with Gasteiger partial charge in [0, 0.05) is 19.3 Å². The Balaban J connectivity index is 2.03. The summed E-state index contributed by atoms with van der Waals surface area (Å²) < 4.78 is 2.06. The van der Waals surface area contributed by atoms with Gasteiger partial charge in [0.05, 0.1) is 12.1 Å². The quantitative estimate of drug-likeness (QED) is 0.757. The van der Waals surface area contributed by atoms with Gasteiger partial charge in [-0.2, -0.15) is 5.26 Å². The van der Waals surface area contributed by atoms with Crippen molar-refractivity contribution in [1.82, 2.24) is 25.1 Å². The Kier molecular flexibility index (Phi) is 2.31. The van der Waals surface area contributed by atoms with Crippen molar-refractivity contribution in [3.05, 3.63) is 29.7 Å². The fourth-order valence-electron chi connectivity index (χ4n) is 1.87. The molecular formula is C11H10N6. The lowest BCUT2D eigenvalue weighted by atomic mass is 10.2. The van der Waals surface area contributed by atoms with E-state index >= 15 is 0 Å². The number of pyridine rings is 1. The number of rotatable bonds is 1. The van der Waals surface area contributed by atoms with Gasteiger partial charge in [-0.1, -0.05) is 0 Å². The van der Waals surface area contributed by atoms with Gasteiger partial charge in [0.1, 0.15) is 17.6 Å². The summed E-state index contributed by atoms with van der Waals surface area (Å²) >= 11 is 0. The molecule has 2 aromatic rings. The van der Waals surface area contributed by atoms with Crippen LogP contribution >= 0.6 is 0 Å².